The van der Waals surface area contributed by atoms with E-state index in [1.165, 1.54) is 5.56 Å². The number of carbonyl (C=O) groups excluding carboxylic acids is 1. The molecule has 2 fully saturated rings. The Morgan fingerprint density at radius 2 is 1.73 bits per heavy atom. The van der Waals surface area contributed by atoms with Gasteiger partial charge < -0.3 is 4.74 Å². The van der Waals surface area contributed by atoms with E-state index in [1.54, 1.807) is 13.8 Å². The maximum atomic E-state index is 13.9. The van der Waals surface area contributed by atoms with Crippen molar-refractivity contribution in [2.45, 2.75) is 64.5 Å². The monoisotopic (exact) mass is 415 g/mol. The van der Waals surface area contributed by atoms with Crippen LogP contribution in [-0.4, -0.2) is 35.8 Å². The summed E-state index contributed by atoms with van der Waals surface area (Å²) in [5.74, 6) is -1.75. The first-order chi connectivity index (χ1) is 14.3. The highest BCUT2D eigenvalue weighted by Crippen LogP contribution is 2.39. The van der Waals surface area contributed by atoms with E-state index in [4.69, 9.17) is 4.74 Å². The molecule has 3 nitrogen and oxygen atoms in total. The number of hydrogen-bond acceptors (Lipinski definition) is 3. The summed E-state index contributed by atoms with van der Waals surface area (Å²) in [7, 11) is 0. The van der Waals surface area contributed by atoms with E-state index >= 15 is 0 Å². The van der Waals surface area contributed by atoms with Crippen LogP contribution in [0.25, 0.3) is 10.8 Å². The van der Waals surface area contributed by atoms with Crippen LogP contribution in [0.2, 0.25) is 0 Å². The summed E-state index contributed by atoms with van der Waals surface area (Å²) in [6.45, 7) is 5.81. The number of ether oxygens (including phenoxy) is 1. The molecular formula is C25H31F2NO2. The van der Waals surface area contributed by atoms with Gasteiger partial charge in [0.15, 0.2) is 0 Å². The van der Waals surface area contributed by atoms with Gasteiger partial charge in [0.1, 0.15) is 11.5 Å². The van der Waals surface area contributed by atoms with Gasteiger partial charge in [-0.15, -0.1) is 0 Å². The minimum Gasteiger partial charge on any atom is -0.490 e. The van der Waals surface area contributed by atoms with Crippen LogP contribution in [0.1, 0.15) is 51.5 Å². The van der Waals surface area contributed by atoms with Crippen molar-refractivity contribution in [2.24, 2.45) is 11.8 Å². The molecule has 0 amide bonds. The Balaban J connectivity index is 1.34. The number of ketones is 1. The molecule has 1 heterocycles. The zero-order chi connectivity index (χ0) is 21.3. The van der Waals surface area contributed by atoms with E-state index < -0.39 is 11.8 Å². The number of halogens is 2. The van der Waals surface area contributed by atoms with Crippen LogP contribution in [0.15, 0.2) is 36.4 Å². The second-order valence-corrected chi connectivity index (χ2v) is 9.05. The van der Waals surface area contributed by atoms with Gasteiger partial charge in [0.25, 0.3) is 5.92 Å². The van der Waals surface area contributed by atoms with Crippen LogP contribution < -0.4 is 4.74 Å². The number of Topliss-reactive ketones (excluding diaryl/α,β-unsaturated/α-hetero) is 1. The third-order valence-electron chi connectivity index (χ3n) is 6.86. The number of carbonyl (C=O) groups is 1. The summed E-state index contributed by atoms with van der Waals surface area (Å²) >= 11 is 0. The summed E-state index contributed by atoms with van der Waals surface area (Å²) in [6.07, 6.45) is 2.38. The fourth-order valence-corrected chi connectivity index (χ4v) is 4.74. The molecule has 1 aliphatic carbocycles. The number of nitrogens with zero attached hydrogens (tertiary/aromatic N) is 1. The first kappa shape index (κ1) is 21.2. The average Bonchev–Trinajstić information content (AvgIpc) is 2.70. The molecule has 0 radical (unpaired) electrons. The largest absolute Gasteiger partial charge is 0.490 e. The molecule has 2 aromatic carbocycles. The molecule has 0 aromatic heterocycles. The van der Waals surface area contributed by atoms with Crippen molar-refractivity contribution in [2.75, 3.05) is 13.1 Å². The van der Waals surface area contributed by atoms with Crippen molar-refractivity contribution < 1.29 is 18.3 Å². The number of benzene rings is 2. The van der Waals surface area contributed by atoms with Gasteiger partial charge in [-0.3, -0.25) is 9.69 Å². The molecule has 2 aromatic rings. The van der Waals surface area contributed by atoms with E-state index in [0.717, 1.165) is 36.2 Å². The van der Waals surface area contributed by atoms with Gasteiger partial charge in [0, 0.05) is 37.9 Å². The van der Waals surface area contributed by atoms with E-state index in [-0.39, 0.29) is 24.2 Å². The predicted octanol–water partition coefficient (Wildman–Crippen LogP) is 5.84. The summed E-state index contributed by atoms with van der Waals surface area (Å²) in [6, 6.07) is 12.5. The van der Waals surface area contributed by atoms with Crippen LogP contribution in [0.5, 0.6) is 5.75 Å². The SMILES string of the molecule is CCC(F)(F)[C@H]1CC[C@H](Oc2ccc3cc(CN4CC(C(C)=O)C4)ccc3c2)CC1. The Morgan fingerprint density at radius 1 is 1.07 bits per heavy atom. The number of alkyl halides is 2. The molecule has 0 N–H and O–H groups in total. The van der Waals surface area contributed by atoms with Crippen molar-refractivity contribution in [3.8, 4) is 5.75 Å². The van der Waals surface area contributed by atoms with Crippen LogP contribution in [0, 0.1) is 11.8 Å². The molecule has 0 atom stereocenters. The molecule has 1 saturated heterocycles. The van der Waals surface area contributed by atoms with E-state index in [9.17, 15) is 13.6 Å². The first-order valence-corrected chi connectivity index (χ1v) is 11.1. The van der Waals surface area contributed by atoms with Crippen molar-refractivity contribution in [1.29, 1.82) is 0 Å². The molecule has 4 rings (SSSR count). The lowest BCUT2D eigenvalue weighted by Crippen LogP contribution is -2.48. The highest BCUT2D eigenvalue weighted by atomic mass is 19.3. The number of fused-ring (bicyclic) bond motifs is 1. The van der Waals surface area contributed by atoms with Gasteiger partial charge in [0.2, 0.25) is 0 Å². The van der Waals surface area contributed by atoms with Crippen LogP contribution in [0.3, 0.4) is 0 Å². The van der Waals surface area contributed by atoms with Crippen molar-refractivity contribution in [1.82, 2.24) is 4.90 Å². The summed E-state index contributed by atoms with van der Waals surface area (Å²) in [4.78, 5) is 13.7. The Bertz CT molecular complexity index is 899. The van der Waals surface area contributed by atoms with Crippen LogP contribution >= 0.6 is 0 Å². The van der Waals surface area contributed by atoms with E-state index in [1.807, 2.05) is 12.1 Å². The summed E-state index contributed by atoms with van der Waals surface area (Å²) in [5, 5.41) is 2.28. The lowest BCUT2D eigenvalue weighted by molar-refractivity contribution is -0.126. The Labute approximate surface area is 177 Å². The third-order valence-corrected chi connectivity index (χ3v) is 6.86. The third kappa shape index (κ3) is 4.66. The van der Waals surface area contributed by atoms with Crippen molar-refractivity contribution >= 4 is 16.6 Å². The molecule has 0 unspecified atom stereocenters. The smallest absolute Gasteiger partial charge is 0.250 e. The molecule has 1 saturated carbocycles. The second-order valence-electron chi connectivity index (χ2n) is 9.05. The van der Waals surface area contributed by atoms with Crippen molar-refractivity contribution in [3.05, 3.63) is 42.0 Å². The lowest BCUT2D eigenvalue weighted by atomic mass is 9.82. The predicted molar refractivity (Wildman–Crippen MR) is 115 cm³/mol. The molecule has 30 heavy (non-hydrogen) atoms. The average molecular weight is 416 g/mol. The molecule has 5 heteroatoms. The quantitative estimate of drug-likeness (QED) is 0.569. The number of rotatable bonds is 7. The Hall–Kier alpha value is -2.01. The van der Waals surface area contributed by atoms with Gasteiger partial charge in [-0.05, 0) is 67.1 Å². The standard InChI is InChI=1S/C25H31F2NO2/c1-3-25(26,27)22-7-10-23(11-8-22)30-24-9-6-19-12-18(4-5-20(19)13-24)14-28-15-21(16-28)17(2)29/h4-6,9,12-13,21-23H,3,7-8,10-11,14-16H2,1-2H3/t22-,23-. The molecule has 0 bridgehead atoms. The molecule has 0 spiro atoms. The van der Waals surface area contributed by atoms with Crippen LogP contribution in [-0.2, 0) is 11.3 Å². The Morgan fingerprint density at radius 3 is 2.40 bits per heavy atom. The zero-order valence-corrected chi connectivity index (χ0v) is 17.9. The van der Waals surface area contributed by atoms with E-state index in [2.05, 4.69) is 29.2 Å². The van der Waals surface area contributed by atoms with Gasteiger partial charge in [0.05, 0.1) is 6.10 Å². The number of likely N-dealkylation sites (tertiary alicyclic amines) is 1. The molecular weight excluding hydrogens is 384 g/mol. The fourth-order valence-electron chi connectivity index (χ4n) is 4.74. The van der Waals surface area contributed by atoms with Gasteiger partial charge in [-0.2, -0.15) is 0 Å². The lowest BCUT2D eigenvalue weighted by Gasteiger charge is -2.37. The minimum atomic E-state index is -2.55. The minimum absolute atomic E-state index is 0.0197. The summed E-state index contributed by atoms with van der Waals surface area (Å²) < 4.78 is 33.9. The first-order valence-electron chi connectivity index (χ1n) is 11.1. The Kier molecular flexibility index (Phi) is 6.10. The van der Waals surface area contributed by atoms with Gasteiger partial charge in [-0.25, -0.2) is 8.78 Å². The fraction of sp³-hybridized carbons (Fsp3) is 0.560. The van der Waals surface area contributed by atoms with Crippen LogP contribution in [0.4, 0.5) is 8.78 Å². The highest BCUT2D eigenvalue weighted by Gasteiger charge is 2.40. The number of hydrogen-bond donors (Lipinski definition) is 0. The molecule has 162 valence electrons. The maximum Gasteiger partial charge on any atom is 0.250 e. The zero-order valence-electron chi connectivity index (χ0n) is 17.9. The molecule has 1 aliphatic heterocycles. The van der Waals surface area contributed by atoms with Gasteiger partial charge >= 0.3 is 0 Å². The highest BCUT2D eigenvalue weighted by molar-refractivity contribution is 5.84. The van der Waals surface area contributed by atoms with Gasteiger partial charge in [-0.1, -0.05) is 25.1 Å². The maximum absolute atomic E-state index is 13.9. The topological polar surface area (TPSA) is 29.5 Å². The second kappa shape index (κ2) is 8.62. The molecule has 2 aliphatic rings. The van der Waals surface area contributed by atoms with Crippen molar-refractivity contribution in [3.63, 3.8) is 0 Å². The normalized spacial score (nSPS) is 23.3. The summed E-state index contributed by atoms with van der Waals surface area (Å²) in [5.41, 5.74) is 1.24. The van der Waals surface area contributed by atoms with E-state index in [0.29, 0.717) is 25.7 Å².